The predicted octanol–water partition coefficient (Wildman–Crippen LogP) is 1.36. The molecule has 0 saturated heterocycles. The summed E-state index contributed by atoms with van der Waals surface area (Å²) in [6.45, 7) is 0. The molecule has 4 nitrogen and oxygen atoms in total. The molecule has 2 heterocycles. The zero-order valence-corrected chi connectivity index (χ0v) is 8.07. The Balaban J connectivity index is 2.11. The number of thiazole rings is 1. The highest BCUT2D eigenvalue weighted by molar-refractivity contribution is 7.09. The van der Waals surface area contributed by atoms with Gasteiger partial charge in [-0.25, -0.2) is 4.98 Å². The van der Waals surface area contributed by atoms with Crippen molar-refractivity contribution in [3.8, 4) is 0 Å². The SMILES string of the molecule is O=C(Cc1nccs1)c1ccnnc1. The van der Waals surface area contributed by atoms with Gasteiger partial charge < -0.3 is 0 Å². The van der Waals surface area contributed by atoms with Crippen LogP contribution in [-0.2, 0) is 6.42 Å². The summed E-state index contributed by atoms with van der Waals surface area (Å²) in [5, 5.41) is 9.94. The number of hydrogen-bond acceptors (Lipinski definition) is 5. The lowest BCUT2D eigenvalue weighted by molar-refractivity contribution is 0.0992. The molecule has 2 aromatic rings. The molecule has 0 saturated carbocycles. The second kappa shape index (κ2) is 4.06. The maximum atomic E-state index is 11.6. The average Bonchev–Trinajstić information content (AvgIpc) is 2.72. The van der Waals surface area contributed by atoms with Crippen molar-refractivity contribution in [2.75, 3.05) is 0 Å². The van der Waals surface area contributed by atoms with E-state index in [4.69, 9.17) is 0 Å². The van der Waals surface area contributed by atoms with Gasteiger partial charge in [0.15, 0.2) is 5.78 Å². The van der Waals surface area contributed by atoms with Gasteiger partial charge in [0, 0.05) is 17.1 Å². The lowest BCUT2D eigenvalue weighted by Crippen LogP contribution is -2.03. The summed E-state index contributed by atoms with van der Waals surface area (Å²) >= 11 is 1.48. The lowest BCUT2D eigenvalue weighted by atomic mass is 10.1. The van der Waals surface area contributed by atoms with Gasteiger partial charge in [-0.1, -0.05) is 0 Å². The highest BCUT2D eigenvalue weighted by atomic mass is 32.1. The molecule has 0 atom stereocenters. The van der Waals surface area contributed by atoms with Crippen LogP contribution in [0.3, 0.4) is 0 Å². The molecule has 0 N–H and O–H groups in total. The van der Waals surface area contributed by atoms with Crippen LogP contribution in [0.4, 0.5) is 0 Å². The van der Waals surface area contributed by atoms with Crippen molar-refractivity contribution in [2.24, 2.45) is 0 Å². The standard InChI is InChI=1S/C9H7N3OS/c13-8(5-9-10-3-4-14-9)7-1-2-11-12-6-7/h1-4,6H,5H2. The second-order valence-corrected chi connectivity index (χ2v) is 3.64. The van der Waals surface area contributed by atoms with Crippen LogP contribution in [0, 0.1) is 0 Å². The van der Waals surface area contributed by atoms with Crippen molar-refractivity contribution in [2.45, 2.75) is 6.42 Å². The first-order valence-electron chi connectivity index (χ1n) is 4.04. The van der Waals surface area contributed by atoms with E-state index in [0.717, 1.165) is 5.01 Å². The van der Waals surface area contributed by atoms with Gasteiger partial charge in [-0.15, -0.1) is 11.3 Å². The molecule has 0 aliphatic carbocycles. The fraction of sp³-hybridized carbons (Fsp3) is 0.111. The highest BCUT2D eigenvalue weighted by Crippen LogP contribution is 2.08. The van der Waals surface area contributed by atoms with Crippen LogP contribution >= 0.6 is 11.3 Å². The van der Waals surface area contributed by atoms with Gasteiger partial charge in [-0.05, 0) is 6.07 Å². The zero-order chi connectivity index (χ0) is 9.80. The molecule has 0 aromatic carbocycles. The summed E-state index contributed by atoms with van der Waals surface area (Å²) in [7, 11) is 0. The number of ketones is 1. The number of hydrogen-bond donors (Lipinski definition) is 0. The number of carbonyl (C=O) groups is 1. The Labute approximate surface area is 84.6 Å². The van der Waals surface area contributed by atoms with Crippen molar-refractivity contribution < 1.29 is 4.79 Å². The van der Waals surface area contributed by atoms with E-state index in [0.29, 0.717) is 12.0 Å². The molecule has 0 aliphatic heterocycles. The van der Waals surface area contributed by atoms with Crippen molar-refractivity contribution in [1.29, 1.82) is 0 Å². The van der Waals surface area contributed by atoms with E-state index in [2.05, 4.69) is 15.2 Å². The normalized spacial score (nSPS) is 10.0. The quantitative estimate of drug-likeness (QED) is 0.710. The minimum Gasteiger partial charge on any atom is -0.294 e. The zero-order valence-electron chi connectivity index (χ0n) is 7.25. The monoisotopic (exact) mass is 205 g/mol. The summed E-state index contributed by atoms with van der Waals surface area (Å²) in [5.41, 5.74) is 0.579. The largest absolute Gasteiger partial charge is 0.294 e. The Hall–Kier alpha value is -1.62. The van der Waals surface area contributed by atoms with Crippen LogP contribution in [0.25, 0.3) is 0 Å². The molecule has 70 valence electrons. The first-order chi connectivity index (χ1) is 6.86. The molecule has 2 rings (SSSR count). The van der Waals surface area contributed by atoms with Gasteiger partial charge in [0.25, 0.3) is 0 Å². The Morgan fingerprint density at radius 3 is 2.93 bits per heavy atom. The maximum absolute atomic E-state index is 11.6. The first-order valence-corrected chi connectivity index (χ1v) is 4.92. The van der Waals surface area contributed by atoms with E-state index in [-0.39, 0.29) is 5.78 Å². The molecule has 2 aromatic heterocycles. The molecule has 0 spiro atoms. The molecule has 0 aliphatic rings. The Kier molecular flexibility index (Phi) is 2.60. The molecule has 0 bridgehead atoms. The Bertz CT molecular complexity index is 413. The molecule has 0 fully saturated rings. The number of Topliss-reactive ketones (excluding diaryl/α,β-unsaturated/α-hetero) is 1. The van der Waals surface area contributed by atoms with Gasteiger partial charge in [0.1, 0.15) is 5.01 Å². The third kappa shape index (κ3) is 2.00. The van der Waals surface area contributed by atoms with Crippen molar-refractivity contribution in [3.63, 3.8) is 0 Å². The maximum Gasteiger partial charge on any atom is 0.171 e. The molecular formula is C9H7N3OS. The molecule has 5 heteroatoms. The summed E-state index contributed by atoms with van der Waals surface area (Å²) in [6, 6.07) is 1.66. The molecular weight excluding hydrogens is 198 g/mol. The summed E-state index contributed by atoms with van der Waals surface area (Å²) in [6.07, 6.45) is 5.01. The second-order valence-electron chi connectivity index (χ2n) is 2.66. The van der Waals surface area contributed by atoms with Gasteiger partial charge in [0.2, 0.25) is 0 Å². The number of aromatic nitrogens is 3. The topological polar surface area (TPSA) is 55.7 Å². The summed E-state index contributed by atoms with van der Waals surface area (Å²) in [5.74, 6) is 0.0230. The Morgan fingerprint density at radius 1 is 1.36 bits per heavy atom. The number of nitrogens with zero attached hydrogens (tertiary/aromatic N) is 3. The third-order valence-corrected chi connectivity index (χ3v) is 2.48. The molecule has 0 radical (unpaired) electrons. The van der Waals surface area contributed by atoms with Crippen molar-refractivity contribution in [1.82, 2.24) is 15.2 Å². The number of carbonyl (C=O) groups excluding carboxylic acids is 1. The van der Waals surface area contributed by atoms with E-state index in [1.807, 2.05) is 5.38 Å². The van der Waals surface area contributed by atoms with Crippen LogP contribution in [0.2, 0.25) is 0 Å². The van der Waals surface area contributed by atoms with E-state index < -0.39 is 0 Å². The van der Waals surface area contributed by atoms with Gasteiger partial charge in [-0.3, -0.25) is 4.79 Å². The van der Waals surface area contributed by atoms with E-state index in [9.17, 15) is 4.79 Å². The van der Waals surface area contributed by atoms with Crippen LogP contribution in [0.1, 0.15) is 15.4 Å². The summed E-state index contributed by atoms with van der Waals surface area (Å²) < 4.78 is 0. The third-order valence-electron chi connectivity index (χ3n) is 1.70. The van der Waals surface area contributed by atoms with Crippen LogP contribution in [0.15, 0.2) is 30.0 Å². The average molecular weight is 205 g/mol. The lowest BCUT2D eigenvalue weighted by Gasteiger charge is -1.95. The predicted molar refractivity (Wildman–Crippen MR) is 52.2 cm³/mol. The van der Waals surface area contributed by atoms with Crippen molar-refractivity contribution in [3.05, 3.63) is 40.6 Å². The molecule has 14 heavy (non-hydrogen) atoms. The van der Waals surface area contributed by atoms with Crippen LogP contribution in [0.5, 0.6) is 0 Å². The molecule has 0 amide bonds. The van der Waals surface area contributed by atoms with E-state index in [1.54, 1.807) is 12.3 Å². The minimum atomic E-state index is 0.0230. The molecule has 0 unspecified atom stereocenters. The van der Waals surface area contributed by atoms with E-state index >= 15 is 0 Å². The summed E-state index contributed by atoms with van der Waals surface area (Å²) in [4.78, 5) is 15.7. The van der Waals surface area contributed by atoms with Crippen LogP contribution in [-0.4, -0.2) is 21.0 Å². The van der Waals surface area contributed by atoms with E-state index in [1.165, 1.54) is 23.7 Å². The van der Waals surface area contributed by atoms with Crippen molar-refractivity contribution >= 4 is 17.1 Å². The minimum absolute atomic E-state index is 0.0230. The van der Waals surface area contributed by atoms with Gasteiger partial charge in [-0.2, -0.15) is 10.2 Å². The number of rotatable bonds is 3. The Morgan fingerprint density at radius 2 is 2.29 bits per heavy atom. The first kappa shape index (κ1) is 8.96. The van der Waals surface area contributed by atoms with Gasteiger partial charge >= 0.3 is 0 Å². The van der Waals surface area contributed by atoms with Crippen LogP contribution < -0.4 is 0 Å². The highest BCUT2D eigenvalue weighted by Gasteiger charge is 2.08. The fourth-order valence-electron chi connectivity index (χ4n) is 1.04. The van der Waals surface area contributed by atoms with Gasteiger partial charge in [0.05, 0.1) is 18.8 Å². The smallest absolute Gasteiger partial charge is 0.171 e. The fourth-order valence-corrected chi connectivity index (χ4v) is 1.65.